The smallest absolute Gasteiger partial charge is 0.222 e. The van der Waals surface area contributed by atoms with E-state index < -0.39 is 11.6 Å². The molecule has 2 rings (SSSR count). The van der Waals surface area contributed by atoms with Crippen molar-refractivity contribution in [3.05, 3.63) is 29.8 Å². The summed E-state index contributed by atoms with van der Waals surface area (Å²) in [5.41, 5.74) is 0. The number of aliphatic imine (C=N–C) groups is 1. The van der Waals surface area contributed by atoms with Gasteiger partial charge in [-0.25, -0.2) is 8.78 Å². The highest BCUT2D eigenvalue weighted by Crippen LogP contribution is 2.15. The zero-order valence-corrected chi connectivity index (χ0v) is 19.2. The quantitative estimate of drug-likeness (QED) is 0.225. The van der Waals surface area contributed by atoms with E-state index in [1.807, 2.05) is 11.8 Å². The van der Waals surface area contributed by atoms with Gasteiger partial charge in [0.2, 0.25) is 5.91 Å². The van der Waals surface area contributed by atoms with Gasteiger partial charge in [0.15, 0.2) is 17.6 Å². The number of benzene rings is 1. The SMILES string of the molecule is CCNC(=NCCCN1CCCCCC1=O)NCCOc1ccc(F)c(F)c1.I. The van der Waals surface area contributed by atoms with E-state index in [-0.39, 0.29) is 42.2 Å². The molecule has 0 atom stereocenters. The van der Waals surface area contributed by atoms with Gasteiger partial charge in [-0.05, 0) is 38.3 Å². The Morgan fingerprint density at radius 2 is 2.03 bits per heavy atom. The molecule has 0 saturated carbocycles. The maximum absolute atomic E-state index is 13.1. The van der Waals surface area contributed by atoms with Crippen LogP contribution in [0, 0.1) is 11.6 Å². The fourth-order valence-electron chi connectivity index (χ4n) is 2.97. The molecule has 0 bridgehead atoms. The highest BCUT2D eigenvalue weighted by Gasteiger charge is 2.15. The Morgan fingerprint density at radius 3 is 2.79 bits per heavy atom. The molecule has 6 nitrogen and oxygen atoms in total. The van der Waals surface area contributed by atoms with Gasteiger partial charge in [-0.15, -0.1) is 24.0 Å². The first-order chi connectivity index (χ1) is 13.6. The zero-order chi connectivity index (χ0) is 20.2. The van der Waals surface area contributed by atoms with Crippen LogP contribution in [0.5, 0.6) is 5.75 Å². The average molecular weight is 524 g/mol. The molecule has 29 heavy (non-hydrogen) atoms. The summed E-state index contributed by atoms with van der Waals surface area (Å²) < 4.78 is 31.4. The fraction of sp³-hybridized carbons (Fsp3) is 0.600. The van der Waals surface area contributed by atoms with Gasteiger partial charge in [-0.3, -0.25) is 9.79 Å². The van der Waals surface area contributed by atoms with Crippen molar-refractivity contribution in [1.29, 1.82) is 0 Å². The van der Waals surface area contributed by atoms with Crippen molar-refractivity contribution >= 4 is 35.8 Å². The van der Waals surface area contributed by atoms with Crippen LogP contribution in [-0.4, -0.2) is 56.1 Å². The maximum atomic E-state index is 13.1. The molecule has 0 aliphatic carbocycles. The van der Waals surface area contributed by atoms with Gasteiger partial charge >= 0.3 is 0 Å². The third kappa shape index (κ3) is 9.60. The summed E-state index contributed by atoms with van der Waals surface area (Å²) in [5.74, 6) is -0.624. The number of guanidine groups is 1. The third-order valence-electron chi connectivity index (χ3n) is 4.43. The number of halogens is 3. The van der Waals surface area contributed by atoms with Crippen molar-refractivity contribution in [3.63, 3.8) is 0 Å². The van der Waals surface area contributed by atoms with Crippen LogP contribution < -0.4 is 15.4 Å². The first kappa shape index (κ1) is 25.4. The highest BCUT2D eigenvalue weighted by molar-refractivity contribution is 14.0. The standard InChI is InChI=1S/C20H30F2N4O2.HI/c1-2-23-20(24-10-6-13-26-12-5-3-4-7-19(26)27)25-11-14-28-16-8-9-17(21)18(22)15-16;/h8-9,15H,2-7,10-14H2,1H3,(H2,23,24,25);1H. The molecule has 1 amide bonds. The van der Waals surface area contributed by atoms with Gasteiger partial charge < -0.3 is 20.3 Å². The van der Waals surface area contributed by atoms with Crippen molar-refractivity contribution in [2.45, 2.75) is 39.0 Å². The molecule has 1 fully saturated rings. The van der Waals surface area contributed by atoms with Crippen LogP contribution in [-0.2, 0) is 4.79 Å². The Bertz CT molecular complexity index is 661. The molecule has 2 N–H and O–H groups in total. The number of hydrogen-bond acceptors (Lipinski definition) is 3. The molecular weight excluding hydrogens is 493 g/mol. The largest absolute Gasteiger partial charge is 0.492 e. The lowest BCUT2D eigenvalue weighted by atomic mass is 10.2. The molecule has 1 aromatic rings. The Balaban J connectivity index is 0.00000420. The second-order valence-corrected chi connectivity index (χ2v) is 6.66. The third-order valence-corrected chi connectivity index (χ3v) is 4.43. The first-order valence-corrected chi connectivity index (χ1v) is 9.98. The number of nitrogens with zero attached hydrogens (tertiary/aromatic N) is 2. The van der Waals surface area contributed by atoms with Crippen molar-refractivity contribution < 1.29 is 18.3 Å². The minimum Gasteiger partial charge on any atom is -0.492 e. The normalized spacial score (nSPS) is 14.8. The predicted octanol–water partition coefficient (Wildman–Crippen LogP) is 3.31. The number of nitrogens with one attached hydrogen (secondary N) is 2. The first-order valence-electron chi connectivity index (χ1n) is 9.98. The summed E-state index contributed by atoms with van der Waals surface area (Å²) in [6.45, 7) is 5.66. The number of ether oxygens (including phenoxy) is 1. The van der Waals surface area contributed by atoms with Gasteiger partial charge in [0, 0.05) is 38.7 Å². The predicted molar refractivity (Wildman–Crippen MR) is 121 cm³/mol. The highest BCUT2D eigenvalue weighted by atomic mass is 127. The van der Waals surface area contributed by atoms with Crippen LogP contribution in [0.3, 0.4) is 0 Å². The van der Waals surface area contributed by atoms with E-state index in [4.69, 9.17) is 4.74 Å². The van der Waals surface area contributed by atoms with Crippen LogP contribution in [0.4, 0.5) is 8.78 Å². The van der Waals surface area contributed by atoms with E-state index in [9.17, 15) is 13.6 Å². The molecule has 0 spiro atoms. The molecule has 164 valence electrons. The van der Waals surface area contributed by atoms with Crippen molar-refractivity contribution in [3.8, 4) is 5.75 Å². The van der Waals surface area contributed by atoms with Gasteiger partial charge in [0.1, 0.15) is 12.4 Å². The second-order valence-electron chi connectivity index (χ2n) is 6.66. The van der Waals surface area contributed by atoms with Gasteiger partial charge in [-0.1, -0.05) is 6.42 Å². The fourth-order valence-corrected chi connectivity index (χ4v) is 2.97. The van der Waals surface area contributed by atoms with E-state index in [1.165, 1.54) is 6.07 Å². The average Bonchev–Trinajstić information content (AvgIpc) is 2.89. The lowest BCUT2D eigenvalue weighted by molar-refractivity contribution is -0.130. The number of amides is 1. The molecular formula is C20H31F2IN4O2. The van der Waals surface area contributed by atoms with Gasteiger partial charge in [-0.2, -0.15) is 0 Å². The molecule has 9 heteroatoms. The van der Waals surface area contributed by atoms with Crippen LogP contribution in [0.2, 0.25) is 0 Å². The van der Waals surface area contributed by atoms with Crippen LogP contribution >= 0.6 is 24.0 Å². The van der Waals surface area contributed by atoms with E-state index >= 15 is 0 Å². The Labute approximate surface area is 188 Å². The monoisotopic (exact) mass is 524 g/mol. The lowest BCUT2D eigenvalue weighted by Gasteiger charge is -2.20. The number of likely N-dealkylation sites (tertiary alicyclic amines) is 1. The van der Waals surface area contributed by atoms with Crippen LogP contribution in [0.15, 0.2) is 23.2 Å². The Hall–Kier alpha value is -1.65. The minimum absolute atomic E-state index is 0. The number of carbonyl (C=O) groups excluding carboxylic acids is 1. The Morgan fingerprint density at radius 1 is 1.21 bits per heavy atom. The van der Waals surface area contributed by atoms with Crippen LogP contribution in [0.25, 0.3) is 0 Å². The van der Waals surface area contributed by atoms with E-state index in [1.54, 1.807) is 0 Å². The molecule has 1 saturated heterocycles. The van der Waals surface area contributed by atoms with E-state index in [0.29, 0.717) is 25.5 Å². The molecule has 1 aliphatic heterocycles. The molecule has 1 heterocycles. The van der Waals surface area contributed by atoms with Crippen molar-refractivity contribution in [1.82, 2.24) is 15.5 Å². The second kappa shape index (κ2) is 14.4. The summed E-state index contributed by atoms with van der Waals surface area (Å²) in [6.07, 6.45) is 4.67. The van der Waals surface area contributed by atoms with Crippen molar-refractivity contribution in [2.24, 2.45) is 4.99 Å². The summed E-state index contributed by atoms with van der Waals surface area (Å²) in [4.78, 5) is 18.4. The molecule has 0 unspecified atom stereocenters. The molecule has 0 radical (unpaired) electrons. The maximum Gasteiger partial charge on any atom is 0.222 e. The lowest BCUT2D eigenvalue weighted by Crippen LogP contribution is -2.39. The van der Waals surface area contributed by atoms with Gasteiger partial charge in [0.25, 0.3) is 0 Å². The number of hydrogen-bond donors (Lipinski definition) is 2. The summed E-state index contributed by atoms with van der Waals surface area (Å²) in [5, 5.41) is 6.29. The Kier molecular flexibility index (Phi) is 12.6. The van der Waals surface area contributed by atoms with Crippen LogP contribution in [0.1, 0.15) is 39.0 Å². The summed E-state index contributed by atoms with van der Waals surface area (Å²) in [6, 6.07) is 3.46. The summed E-state index contributed by atoms with van der Waals surface area (Å²) >= 11 is 0. The summed E-state index contributed by atoms with van der Waals surface area (Å²) in [7, 11) is 0. The van der Waals surface area contributed by atoms with Gasteiger partial charge in [0.05, 0.1) is 6.54 Å². The van der Waals surface area contributed by atoms with Crippen molar-refractivity contribution in [2.75, 3.05) is 39.3 Å². The topological polar surface area (TPSA) is 66.0 Å². The number of carbonyl (C=O) groups is 1. The minimum atomic E-state index is -0.928. The number of rotatable bonds is 9. The zero-order valence-electron chi connectivity index (χ0n) is 16.9. The van der Waals surface area contributed by atoms with E-state index in [0.717, 1.165) is 57.5 Å². The molecule has 1 aliphatic rings. The molecule has 1 aromatic carbocycles. The van der Waals surface area contributed by atoms with E-state index in [2.05, 4.69) is 15.6 Å². The molecule has 0 aromatic heterocycles.